The third-order valence-corrected chi connectivity index (χ3v) is 6.04. The zero-order chi connectivity index (χ0) is 19.6. The Morgan fingerprint density at radius 2 is 1.93 bits per heavy atom. The molecule has 2 aromatic carbocycles. The van der Waals surface area contributed by atoms with E-state index in [9.17, 15) is 4.39 Å². The molecule has 0 radical (unpaired) electrons. The van der Waals surface area contributed by atoms with Crippen molar-refractivity contribution < 1.29 is 4.39 Å². The molecule has 1 N–H and O–H groups in total. The van der Waals surface area contributed by atoms with Gasteiger partial charge in [-0.2, -0.15) is 0 Å². The molecule has 6 heteroatoms. The van der Waals surface area contributed by atoms with Crippen LogP contribution in [0.2, 0.25) is 0 Å². The van der Waals surface area contributed by atoms with E-state index in [-0.39, 0.29) is 5.82 Å². The fourth-order valence-electron chi connectivity index (χ4n) is 4.56. The summed E-state index contributed by atoms with van der Waals surface area (Å²) in [4.78, 5) is 2.52. The van der Waals surface area contributed by atoms with Gasteiger partial charge in [0, 0.05) is 32.1 Å². The molecule has 2 aliphatic rings. The number of hydrogen-bond donors (Lipinski definition) is 1. The van der Waals surface area contributed by atoms with Crippen LogP contribution in [0.15, 0.2) is 48.5 Å². The number of halogens is 1. The van der Waals surface area contributed by atoms with E-state index in [2.05, 4.69) is 49.2 Å². The van der Waals surface area contributed by atoms with Gasteiger partial charge in [-0.05, 0) is 48.2 Å². The lowest BCUT2D eigenvalue weighted by atomic mass is 9.96. The molecule has 5 nitrogen and oxygen atoms in total. The highest BCUT2D eigenvalue weighted by molar-refractivity contribution is 5.63. The van der Waals surface area contributed by atoms with Crippen LogP contribution in [-0.4, -0.2) is 39.3 Å². The van der Waals surface area contributed by atoms with Gasteiger partial charge in [-0.3, -0.25) is 4.90 Å². The number of piperidine rings is 1. The van der Waals surface area contributed by atoms with Crippen molar-refractivity contribution in [3.8, 4) is 11.1 Å². The molecule has 0 amide bonds. The number of nitrogens with zero attached hydrogens (tertiary/aromatic N) is 4. The second-order valence-electron chi connectivity index (χ2n) is 8.08. The number of likely N-dealkylation sites (tertiary alicyclic amines) is 1. The molecule has 3 aromatic rings. The normalized spacial score (nSPS) is 19.8. The molecule has 0 spiro atoms. The standard InChI is InChI=1S/C23H26FN5/c24-21-5-1-3-19(13-21)18-8-6-17(7-9-18)15-28-11-2-4-20(16-28)23-27-26-22-14-25-10-12-29(22)23/h1,3,5-9,13,20,25H,2,4,10-12,14-16H2/t20-/m1/s1. The van der Waals surface area contributed by atoms with Gasteiger partial charge >= 0.3 is 0 Å². The van der Waals surface area contributed by atoms with E-state index >= 15 is 0 Å². The smallest absolute Gasteiger partial charge is 0.147 e. The summed E-state index contributed by atoms with van der Waals surface area (Å²) in [5, 5.41) is 12.3. The van der Waals surface area contributed by atoms with E-state index in [1.54, 1.807) is 12.1 Å². The molecule has 5 rings (SSSR count). The molecule has 1 fully saturated rings. The van der Waals surface area contributed by atoms with E-state index in [1.807, 2.05) is 6.07 Å². The molecule has 150 valence electrons. The minimum absolute atomic E-state index is 0.197. The number of benzene rings is 2. The monoisotopic (exact) mass is 391 g/mol. The third-order valence-electron chi connectivity index (χ3n) is 6.04. The Balaban J connectivity index is 1.26. The average molecular weight is 391 g/mol. The molecule has 1 aromatic heterocycles. The van der Waals surface area contributed by atoms with Crippen LogP contribution in [0.3, 0.4) is 0 Å². The zero-order valence-corrected chi connectivity index (χ0v) is 16.5. The Hall–Kier alpha value is -2.57. The van der Waals surface area contributed by atoms with Gasteiger partial charge in [-0.1, -0.05) is 36.4 Å². The van der Waals surface area contributed by atoms with Gasteiger partial charge in [0.15, 0.2) is 0 Å². The molecule has 29 heavy (non-hydrogen) atoms. The molecule has 2 aliphatic heterocycles. The Morgan fingerprint density at radius 3 is 2.79 bits per heavy atom. The van der Waals surface area contributed by atoms with Crippen LogP contribution in [0.5, 0.6) is 0 Å². The summed E-state index contributed by atoms with van der Waals surface area (Å²) in [7, 11) is 0. The van der Waals surface area contributed by atoms with Gasteiger partial charge in [0.1, 0.15) is 17.5 Å². The first-order valence-corrected chi connectivity index (χ1v) is 10.5. The summed E-state index contributed by atoms with van der Waals surface area (Å²) in [5.41, 5.74) is 3.26. The summed E-state index contributed by atoms with van der Waals surface area (Å²) in [5.74, 6) is 2.48. The van der Waals surface area contributed by atoms with E-state index < -0.39 is 0 Å². The fraction of sp³-hybridized carbons (Fsp3) is 0.391. The van der Waals surface area contributed by atoms with Gasteiger partial charge in [-0.25, -0.2) is 4.39 Å². The highest BCUT2D eigenvalue weighted by Gasteiger charge is 2.27. The van der Waals surface area contributed by atoms with Crippen molar-refractivity contribution in [3.05, 3.63) is 71.6 Å². The van der Waals surface area contributed by atoms with Crippen molar-refractivity contribution in [2.45, 2.75) is 38.4 Å². The van der Waals surface area contributed by atoms with Gasteiger partial charge < -0.3 is 9.88 Å². The summed E-state index contributed by atoms with van der Waals surface area (Å²) >= 11 is 0. The fourth-order valence-corrected chi connectivity index (χ4v) is 4.56. The second kappa shape index (κ2) is 8.05. The van der Waals surface area contributed by atoms with E-state index in [1.165, 1.54) is 24.5 Å². The number of rotatable bonds is 4. The predicted octanol–water partition coefficient (Wildman–Crippen LogP) is 3.57. The molecule has 0 saturated carbocycles. The lowest BCUT2D eigenvalue weighted by Gasteiger charge is -2.32. The molecule has 1 atom stereocenters. The lowest BCUT2D eigenvalue weighted by molar-refractivity contribution is 0.194. The van der Waals surface area contributed by atoms with Crippen molar-refractivity contribution in [2.24, 2.45) is 0 Å². The van der Waals surface area contributed by atoms with Gasteiger partial charge in [0.25, 0.3) is 0 Å². The molecule has 0 bridgehead atoms. The number of nitrogens with one attached hydrogen (secondary N) is 1. The quantitative estimate of drug-likeness (QED) is 0.739. The Bertz CT molecular complexity index is 981. The number of hydrogen-bond acceptors (Lipinski definition) is 4. The molecule has 0 unspecified atom stereocenters. The Labute approximate surface area is 170 Å². The van der Waals surface area contributed by atoms with Crippen LogP contribution in [0.4, 0.5) is 4.39 Å². The largest absolute Gasteiger partial charge is 0.312 e. The molecular weight excluding hydrogens is 365 g/mol. The van der Waals surface area contributed by atoms with Crippen molar-refractivity contribution in [2.75, 3.05) is 19.6 Å². The Kier molecular flexibility index (Phi) is 5.12. The molecule has 3 heterocycles. The summed E-state index contributed by atoms with van der Waals surface area (Å²) in [6.45, 7) is 5.85. The van der Waals surface area contributed by atoms with Crippen LogP contribution in [0, 0.1) is 5.82 Å². The van der Waals surface area contributed by atoms with Crippen LogP contribution in [0.25, 0.3) is 11.1 Å². The predicted molar refractivity (Wildman–Crippen MR) is 111 cm³/mol. The van der Waals surface area contributed by atoms with E-state index in [0.29, 0.717) is 5.92 Å². The minimum Gasteiger partial charge on any atom is -0.312 e. The van der Waals surface area contributed by atoms with Crippen LogP contribution < -0.4 is 5.32 Å². The van der Waals surface area contributed by atoms with Crippen molar-refractivity contribution >= 4 is 0 Å². The first kappa shape index (κ1) is 18.5. The second-order valence-corrected chi connectivity index (χ2v) is 8.08. The Morgan fingerprint density at radius 1 is 1.03 bits per heavy atom. The van der Waals surface area contributed by atoms with Crippen molar-refractivity contribution in [1.82, 2.24) is 25.0 Å². The zero-order valence-electron chi connectivity index (χ0n) is 16.5. The third kappa shape index (κ3) is 3.95. The van der Waals surface area contributed by atoms with Gasteiger partial charge in [0.05, 0.1) is 6.54 Å². The van der Waals surface area contributed by atoms with Gasteiger partial charge in [0.2, 0.25) is 0 Å². The van der Waals surface area contributed by atoms with Crippen molar-refractivity contribution in [1.29, 1.82) is 0 Å². The maximum Gasteiger partial charge on any atom is 0.147 e. The number of fused-ring (bicyclic) bond motifs is 1. The van der Waals surface area contributed by atoms with E-state index in [4.69, 9.17) is 0 Å². The SMILES string of the molecule is Fc1cccc(-c2ccc(CN3CCC[C@@H](c4nnc5n4CCNC5)C3)cc2)c1. The van der Waals surface area contributed by atoms with E-state index in [0.717, 1.165) is 62.0 Å². The molecule has 0 aliphatic carbocycles. The highest BCUT2D eigenvalue weighted by atomic mass is 19.1. The molecule has 1 saturated heterocycles. The highest BCUT2D eigenvalue weighted by Crippen LogP contribution is 2.28. The van der Waals surface area contributed by atoms with Crippen LogP contribution in [-0.2, 0) is 19.6 Å². The first-order chi connectivity index (χ1) is 14.3. The summed E-state index contributed by atoms with van der Waals surface area (Å²) in [6.07, 6.45) is 2.37. The van der Waals surface area contributed by atoms with Crippen LogP contribution in [0.1, 0.15) is 36.0 Å². The average Bonchev–Trinajstić information content (AvgIpc) is 3.19. The van der Waals surface area contributed by atoms with Gasteiger partial charge in [-0.15, -0.1) is 10.2 Å². The topological polar surface area (TPSA) is 46.0 Å². The number of aromatic nitrogens is 3. The van der Waals surface area contributed by atoms with Crippen LogP contribution >= 0.6 is 0 Å². The lowest BCUT2D eigenvalue weighted by Crippen LogP contribution is -2.36. The minimum atomic E-state index is -0.197. The summed E-state index contributed by atoms with van der Waals surface area (Å²) < 4.78 is 15.8. The van der Waals surface area contributed by atoms with Crippen molar-refractivity contribution in [3.63, 3.8) is 0 Å². The molecular formula is C23H26FN5. The maximum absolute atomic E-state index is 13.5. The summed E-state index contributed by atoms with van der Waals surface area (Å²) in [6, 6.07) is 15.3. The maximum atomic E-state index is 13.5. The first-order valence-electron chi connectivity index (χ1n) is 10.5.